The van der Waals surface area contributed by atoms with E-state index in [2.05, 4.69) is 5.32 Å². The number of benzene rings is 1. The van der Waals surface area contributed by atoms with Gasteiger partial charge in [-0.3, -0.25) is 0 Å². The van der Waals surface area contributed by atoms with Crippen LogP contribution in [0.1, 0.15) is 33.3 Å². The van der Waals surface area contributed by atoms with Crippen molar-refractivity contribution in [3.05, 3.63) is 29.8 Å². The first-order chi connectivity index (χ1) is 13.7. The third-order valence-corrected chi connectivity index (χ3v) is 5.62. The number of rotatable bonds is 5. The monoisotopic (exact) mass is 423 g/mol. The van der Waals surface area contributed by atoms with Gasteiger partial charge in [0.25, 0.3) is 0 Å². The molecule has 3 heterocycles. The van der Waals surface area contributed by atoms with Gasteiger partial charge in [0.05, 0.1) is 24.7 Å². The molecule has 0 saturated carbocycles. The van der Waals surface area contributed by atoms with Gasteiger partial charge in [-0.1, -0.05) is 30.4 Å². The van der Waals surface area contributed by atoms with Crippen LogP contribution < -0.4 is 10.1 Å². The Labute approximate surface area is 176 Å². The van der Waals surface area contributed by atoms with Crippen LogP contribution in [-0.2, 0) is 30.1 Å². The van der Waals surface area contributed by atoms with E-state index in [0.29, 0.717) is 18.0 Å². The Hall–Kier alpha value is -1.29. The summed E-state index contributed by atoms with van der Waals surface area (Å²) in [6, 6.07) is 7.63. The lowest BCUT2D eigenvalue weighted by atomic mass is 10.0. The van der Waals surface area contributed by atoms with Crippen molar-refractivity contribution < 1.29 is 28.4 Å². The molecular weight excluding hydrogens is 394 g/mol. The third-order valence-electron chi connectivity index (χ3n) is 5.36. The Bertz CT molecular complexity index is 769. The number of hydrogen-bond donors (Lipinski definition) is 1. The molecule has 1 aromatic rings. The number of fused-ring (bicyclic) bond motifs is 1. The fraction of sp³-hybridized carbons (Fsp3) is 0.667. The average molecular weight is 424 g/mol. The molecule has 8 heteroatoms. The summed E-state index contributed by atoms with van der Waals surface area (Å²) in [6.07, 6.45) is -0.764. The van der Waals surface area contributed by atoms with Gasteiger partial charge < -0.3 is 33.7 Å². The second kappa shape index (κ2) is 7.76. The maximum atomic E-state index is 6.21. The summed E-state index contributed by atoms with van der Waals surface area (Å²) in [5, 5.41) is 3.45. The van der Waals surface area contributed by atoms with E-state index in [-0.39, 0.29) is 24.4 Å². The SMILES string of the molecule is COc1ccccc1CC(=S)N[C@H]1[C@H]2OC(C)(C)O[C@H]2O[C@@H]1[C@H]1COC(C)(C)O1. The molecule has 4 rings (SSSR count). The van der Waals surface area contributed by atoms with Gasteiger partial charge in [0, 0.05) is 12.0 Å². The first kappa shape index (κ1) is 21.0. The van der Waals surface area contributed by atoms with Crippen LogP contribution >= 0.6 is 12.2 Å². The van der Waals surface area contributed by atoms with E-state index < -0.39 is 17.9 Å². The molecule has 0 bridgehead atoms. The van der Waals surface area contributed by atoms with Crippen LogP contribution in [0.4, 0.5) is 0 Å². The topological polar surface area (TPSA) is 67.4 Å². The van der Waals surface area contributed by atoms with E-state index in [1.807, 2.05) is 52.0 Å². The fourth-order valence-electron chi connectivity index (χ4n) is 4.15. The molecule has 3 fully saturated rings. The first-order valence-electron chi connectivity index (χ1n) is 9.91. The Morgan fingerprint density at radius 1 is 1.10 bits per heavy atom. The lowest BCUT2D eigenvalue weighted by Gasteiger charge is -2.30. The average Bonchev–Trinajstić information content (AvgIpc) is 3.25. The van der Waals surface area contributed by atoms with Crippen LogP contribution in [0.15, 0.2) is 24.3 Å². The van der Waals surface area contributed by atoms with Gasteiger partial charge >= 0.3 is 0 Å². The molecule has 0 unspecified atom stereocenters. The highest BCUT2D eigenvalue weighted by Crippen LogP contribution is 2.40. The maximum Gasteiger partial charge on any atom is 0.189 e. The Kier molecular flexibility index (Phi) is 5.61. The van der Waals surface area contributed by atoms with Crippen LogP contribution in [-0.4, -0.2) is 60.9 Å². The predicted octanol–water partition coefficient (Wildman–Crippen LogP) is 2.55. The van der Waals surface area contributed by atoms with Gasteiger partial charge in [0.15, 0.2) is 17.9 Å². The molecule has 29 heavy (non-hydrogen) atoms. The zero-order valence-corrected chi connectivity index (χ0v) is 18.3. The molecule has 3 saturated heterocycles. The zero-order chi connectivity index (χ0) is 20.8. The predicted molar refractivity (Wildman–Crippen MR) is 110 cm³/mol. The smallest absolute Gasteiger partial charge is 0.189 e. The van der Waals surface area contributed by atoms with Gasteiger partial charge in [-0.05, 0) is 33.8 Å². The van der Waals surface area contributed by atoms with Crippen molar-refractivity contribution in [2.75, 3.05) is 13.7 Å². The van der Waals surface area contributed by atoms with Crippen LogP contribution in [0.5, 0.6) is 5.75 Å². The molecule has 3 aliphatic heterocycles. The molecule has 0 aliphatic carbocycles. The van der Waals surface area contributed by atoms with E-state index in [1.54, 1.807) is 7.11 Å². The minimum Gasteiger partial charge on any atom is -0.496 e. The van der Waals surface area contributed by atoms with Crippen molar-refractivity contribution in [1.82, 2.24) is 5.32 Å². The standard InChI is InChI=1S/C21H29NO6S/c1-20(2)24-11-14(26-20)17-16(18-19(25-17)28-21(3,4)27-18)22-15(29)10-12-8-6-7-9-13(12)23-5/h6-9,14,16-19H,10-11H2,1-5H3,(H,22,29)/t14-,16-,17-,18-,19-/m1/s1. The molecule has 1 aromatic carbocycles. The van der Waals surface area contributed by atoms with E-state index in [1.165, 1.54) is 0 Å². The molecule has 0 amide bonds. The van der Waals surface area contributed by atoms with Crippen molar-refractivity contribution in [2.24, 2.45) is 0 Å². The van der Waals surface area contributed by atoms with Crippen LogP contribution in [0, 0.1) is 0 Å². The van der Waals surface area contributed by atoms with E-state index in [9.17, 15) is 0 Å². The Balaban J connectivity index is 1.50. The molecule has 0 aromatic heterocycles. The first-order valence-corrected chi connectivity index (χ1v) is 10.3. The summed E-state index contributed by atoms with van der Waals surface area (Å²) < 4.78 is 35.5. The highest BCUT2D eigenvalue weighted by atomic mass is 32.1. The molecule has 3 aliphatic rings. The van der Waals surface area contributed by atoms with Crippen molar-refractivity contribution in [1.29, 1.82) is 0 Å². The number of para-hydroxylation sites is 1. The van der Waals surface area contributed by atoms with Crippen LogP contribution in [0.3, 0.4) is 0 Å². The normalized spacial score (nSPS) is 34.7. The van der Waals surface area contributed by atoms with Crippen molar-refractivity contribution in [3.8, 4) is 5.75 Å². The molecule has 0 spiro atoms. The van der Waals surface area contributed by atoms with Gasteiger partial charge in [-0.15, -0.1) is 0 Å². The number of thiocarbonyl (C=S) groups is 1. The summed E-state index contributed by atoms with van der Waals surface area (Å²) >= 11 is 5.68. The highest BCUT2D eigenvalue weighted by Gasteiger charge is 2.58. The van der Waals surface area contributed by atoms with E-state index in [0.717, 1.165) is 11.3 Å². The number of hydrogen-bond acceptors (Lipinski definition) is 7. The minimum atomic E-state index is -0.712. The highest BCUT2D eigenvalue weighted by molar-refractivity contribution is 7.80. The second-order valence-electron chi connectivity index (χ2n) is 8.52. The third kappa shape index (κ3) is 4.42. The number of methoxy groups -OCH3 is 1. The van der Waals surface area contributed by atoms with Crippen LogP contribution in [0.2, 0.25) is 0 Å². The summed E-state index contributed by atoms with van der Waals surface area (Å²) in [5.41, 5.74) is 1.02. The maximum absolute atomic E-state index is 6.21. The van der Waals surface area contributed by atoms with Gasteiger partial charge in [-0.25, -0.2) is 0 Å². The molecule has 0 radical (unpaired) electrons. The molecule has 1 N–H and O–H groups in total. The van der Waals surface area contributed by atoms with Crippen LogP contribution in [0.25, 0.3) is 0 Å². The van der Waals surface area contributed by atoms with E-state index in [4.69, 9.17) is 40.6 Å². The largest absolute Gasteiger partial charge is 0.496 e. The van der Waals surface area contributed by atoms with Crippen molar-refractivity contribution in [2.45, 2.75) is 76.3 Å². The molecule has 5 atom stereocenters. The molecular formula is C21H29NO6S. The van der Waals surface area contributed by atoms with E-state index >= 15 is 0 Å². The quantitative estimate of drug-likeness (QED) is 0.725. The lowest BCUT2D eigenvalue weighted by Crippen LogP contribution is -2.52. The summed E-state index contributed by atoms with van der Waals surface area (Å²) in [7, 11) is 1.66. The Morgan fingerprint density at radius 2 is 1.86 bits per heavy atom. The Morgan fingerprint density at radius 3 is 2.55 bits per heavy atom. The van der Waals surface area contributed by atoms with Gasteiger partial charge in [-0.2, -0.15) is 0 Å². The van der Waals surface area contributed by atoms with Gasteiger partial charge in [0.1, 0.15) is 24.1 Å². The zero-order valence-electron chi connectivity index (χ0n) is 17.5. The second-order valence-corrected chi connectivity index (χ2v) is 9.01. The summed E-state index contributed by atoms with van der Waals surface area (Å²) in [5.74, 6) is -0.545. The van der Waals surface area contributed by atoms with Crippen molar-refractivity contribution >= 4 is 17.2 Å². The minimum absolute atomic E-state index is 0.216. The lowest BCUT2D eigenvalue weighted by molar-refractivity contribution is -0.223. The van der Waals surface area contributed by atoms with Gasteiger partial charge in [0.2, 0.25) is 0 Å². The van der Waals surface area contributed by atoms with Crippen molar-refractivity contribution in [3.63, 3.8) is 0 Å². The molecule has 7 nitrogen and oxygen atoms in total. The number of nitrogens with one attached hydrogen (secondary N) is 1. The number of ether oxygens (including phenoxy) is 6. The summed E-state index contributed by atoms with van der Waals surface area (Å²) in [4.78, 5) is 0.681. The fourth-order valence-corrected chi connectivity index (χ4v) is 4.44. The summed E-state index contributed by atoms with van der Waals surface area (Å²) in [6.45, 7) is 8.00. The molecule has 160 valence electrons.